The van der Waals surface area contributed by atoms with E-state index in [2.05, 4.69) is 15.5 Å². The maximum absolute atomic E-state index is 14.1. The number of aromatic amines is 1. The zero-order valence-electron chi connectivity index (χ0n) is 20.7. The van der Waals surface area contributed by atoms with Crippen molar-refractivity contribution in [3.63, 3.8) is 0 Å². The minimum atomic E-state index is -1.04. The summed E-state index contributed by atoms with van der Waals surface area (Å²) in [4.78, 5) is 25.5. The molecule has 6 rings (SSSR count). The molecule has 1 saturated carbocycles. The average Bonchev–Trinajstić information content (AvgIpc) is 3.46. The summed E-state index contributed by atoms with van der Waals surface area (Å²) in [5, 5.41) is 19.4. The Morgan fingerprint density at radius 2 is 1.82 bits per heavy atom. The number of amides is 1. The molecule has 5 aromatic rings. The second-order valence-corrected chi connectivity index (χ2v) is 9.46. The van der Waals surface area contributed by atoms with Gasteiger partial charge < -0.3 is 19.6 Å². The number of hydrogen-bond donors (Lipinski definition) is 3. The molecule has 0 spiro atoms. The molecule has 0 radical (unpaired) electrons. The third-order valence-corrected chi connectivity index (χ3v) is 7.32. The number of nitrogens with one attached hydrogen (secondary N) is 2. The number of carbonyl (C=O) groups is 1. The maximum atomic E-state index is 14.1. The lowest BCUT2D eigenvalue weighted by Crippen LogP contribution is -2.50. The number of ether oxygens (including phenoxy) is 1. The van der Waals surface area contributed by atoms with E-state index in [1.165, 1.54) is 0 Å². The van der Waals surface area contributed by atoms with Gasteiger partial charge in [0.05, 0.1) is 29.3 Å². The van der Waals surface area contributed by atoms with Crippen LogP contribution in [0.2, 0.25) is 0 Å². The molecule has 0 atom stereocenters. The summed E-state index contributed by atoms with van der Waals surface area (Å²) < 4.78 is 12.1. The minimum Gasteiger partial charge on any atom is -0.496 e. The first kappa shape index (κ1) is 23.5. The summed E-state index contributed by atoms with van der Waals surface area (Å²) in [6, 6.07) is 22.3. The monoisotopic (exact) mass is 507 g/mol. The maximum Gasteiger partial charge on any atom is 0.405 e. The largest absolute Gasteiger partial charge is 0.496 e. The fourth-order valence-electron chi connectivity index (χ4n) is 5.24. The fraction of sp³-hybridized carbons (Fsp3) is 0.167. The number of rotatable bonds is 6. The van der Waals surface area contributed by atoms with Crippen LogP contribution < -0.4 is 15.5 Å². The molecule has 0 bridgehead atoms. The van der Waals surface area contributed by atoms with Gasteiger partial charge in [-0.25, -0.2) is 4.79 Å². The highest BCUT2D eigenvalue weighted by molar-refractivity contribution is 5.92. The van der Waals surface area contributed by atoms with Crippen LogP contribution in [0.1, 0.15) is 24.8 Å². The molecule has 8 nitrogen and oxygen atoms in total. The minimum absolute atomic E-state index is 0.186. The Hall–Kier alpha value is -4.85. The number of nitrogens with zero attached hydrogens (tertiary/aromatic N) is 1. The van der Waals surface area contributed by atoms with Crippen LogP contribution in [0.4, 0.5) is 4.79 Å². The number of carboxylic acid groups (broad SMARTS) is 1. The van der Waals surface area contributed by atoms with E-state index < -0.39 is 11.6 Å². The lowest BCUT2D eigenvalue weighted by atomic mass is 9.71. The Bertz CT molecular complexity index is 1690. The Balaban J connectivity index is 1.55. The zero-order valence-corrected chi connectivity index (χ0v) is 20.7. The van der Waals surface area contributed by atoms with Gasteiger partial charge in [-0.15, -0.1) is 0 Å². The second kappa shape index (κ2) is 9.23. The molecule has 0 unspecified atom stereocenters. The smallest absolute Gasteiger partial charge is 0.405 e. The third kappa shape index (κ3) is 3.91. The number of H-pyrrole nitrogens is 1. The Labute approximate surface area is 217 Å². The van der Waals surface area contributed by atoms with E-state index in [-0.39, 0.29) is 5.43 Å². The van der Waals surface area contributed by atoms with Crippen molar-refractivity contribution in [2.24, 2.45) is 0 Å². The molecule has 2 heterocycles. The van der Waals surface area contributed by atoms with Gasteiger partial charge in [0.25, 0.3) is 0 Å². The van der Waals surface area contributed by atoms with Gasteiger partial charge in [0, 0.05) is 17.3 Å². The highest BCUT2D eigenvalue weighted by Gasteiger charge is 2.40. The van der Waals surface area contributed by atoms with Crippen LogP contribution >= 0.6 is 0 Å². The van der Waals surface area contributed by atoms with E-state index in [0.717, 1.165) is 41.6 Å². The average molecular weight is 508 g/mol. The van der Waals surface area contributed by atoms with Crippen molar-refractivity contribution in [2.45, 2.75) is 24.8 Å². The van der Waals surface area contributed by atoms with Crippen LogP contribution in [0.3, 0.4) is 0 Å². The van der Waals surface area contributed by atoms with Crippen molar-refractivity contribution in [3.05, 3.63) is 94.8 Å². The first-order valence-electron chi connectivity index (χ1n) is 12.4. The third-order valence-electron chi connectivity index (χ3n) is 7.32. The van der Waals surface area contributed by atoms with Crippen LogP contribution in [0.15, 0.2) is 88.2 Å². The van der Waals surface area contributed by atoms with Gasteiger partial charge in [-0.05, 0) is 48.6 Å². The van der Waals surface area contributed by atoms with Gasteiger partial charge in [0.2, 0.25) is 5.43 Å². The van der Waals surface area contributed by atoms with Crippen molar-refractivity contribution in [2.75, 3.05) is 7.11 Å². The molecule has 0 saturated heterocycles. The fourth-order valence-corrected chi connectivity index (χ4v) is 5.24. The highest BCUT2D eigenvalue weighted by Crippen LogP contribution is 2.42. The molecule has 190 valence electrons. The SMILES string of the molecule is COc1cc2c(=O)c(-c3ccc(C4(NC(=O)O)CCC4)cc3)c(-c3ccccc3)oc2cc1-c1ccn[nH]1. The van der Waals surface area contributed by atoms with Crippen LogP contribution in [-0.4, -0.2) is 28.5 Å². The normalized spacial score (nSPS) is 14.1. The number of aromatic nitrogens is 2. The highest BCUT2D eigenvalue weighted by atomic mass is 16.5. The number of methoxy groups -OCH3 is 1. The lowest BCUT2D eigenvalue weighted by molar-refractivity contribution is 0.144. The molecule has 0 aliphatic heterocycles. The van der Waals surface area contributed by atoms with Crippen molar-refractivity contribution in [1.82, 2.24) is 15.5 Å². The van der Waals surface area contributed by atoms with E-state index in [9.17, 15) is 14.7 Å². The van der Waals surface area contributed by atoms with Crippen molar-refractivity contribution in [3.8, 4) is 39.5 Å². The van der Waals surface area contributed by atoms with E-state index in [1.54, 1.807) is 25.4 Å². The Morgan fingerprint density at radius 1 is 1.05 bits per heavy atom. The topological polar surface area (TPSA) is 117 Å². The van der Waals surface area contributed by atoms with E-state index in [4.69, 9.17) is 9.15 Å². The van der Waals surface area contributed by atoms with Crippen molar-refractivity contribution < 1.29 is 19.1 Å². The van der Waals surface area contributed by atoms with E-state index >= 15 is 0 Å². The predicted molar refractivity (Wildman–Crippen MR) is 144 cm³/mol. The number of benzene rings is 3. The summed E-state index contributed by atoms with van der Waals surface area (Å²) in [7, 11) is 1.56. The summed E-state index contributed by atoms with van der Waals surface area (Å²) in [5.74, 6) is 0.980. The van der Waals surface area contributed by atoms with Gasteiger partial charge in [-0.3, -0.25) is 9.89 Å². The van der Waals surface area contributed by atoms with Crippen molar-refractivity contribution >= 4 is 17.1 Å². The Kier molecular flexibility index (Phi) is 5.72. The summed E-state index contributed by atoms with van der Waals surface area (Å²) in [6.45, 7) is 0. The standard InChI is InChI=1S/C30H25N3O5/c1-37-24-17-22-25(16-21(24)23-12-15-31-33-23)38-28(19-6-3-2-4-7-19)26(27(22)34)18-8-10-20(11-9-18)30(13-5-14-30)32-29(35)36/h2-4,6-12,15-17,32H,5,13-14H2,1H3,(H,31,33)(H,35,36). The molecular weight excluding hydrogens is 482 g/mol. The van der Waals surface area contributed by atoms with Crippen LogP contribution in [0.25, 0.3) is 44.7 Å². The molecule has 1 aliphatic rings. The van der Waals surface area contributed by atoms with Crippen LogP contribution in [-0.2, 0) is 5.54 Å². The molecule has 1 amide bonds. The van der Waals surface area contributed by atoms with Crippen LogP contribution in [0, 0.1) is 0 Å². The summed E-state index contributed by atoms with van der Waals surface area (Å²) >= 11 is 0. The molecular formula is C30H25N3O5. The second-order valence-electron chi connectivity index (χ2n) is 9.46. The molecule has 38 heavy (non-hydrogen) atoms. The quantitative estimate of drug-likeness (QED) is 0.253. The van der Waals surface area contributed by atoms with Gasteiger partial charge in [0.1, 0.15) is 17.1 Å². The van der Waals surface area contributed by atoms with Gasteiger partial charge >= 0.3 is 6.09 Å². The zero-order chi connectivity index (χ0) is 26.3. The van der Waals surface area contributed by atoms with Gasteiger partial charge in [-0.2, -0.15) is 5.10 Å². The summed E-state index contributed by atoms with van der Waals surface area (Å²) in [6.07, 6.45) is 3.04. The van der Waals surface area contributed by atoms with Gasteiger partial charge in [0.15, 0.2) is 0 Å². The van der Waals surface area contributed by atoms with Crippen LogP contribution in [0.5, 0.6) is 5.75 Å². The predicted octanol–water partition coefficient (Wildman–Crippen LogP) is 6.17. The molecule has 1 fully saturated rings. The first-order chi connectivity index (χ1) is 18.5. The molecule has 1 aliphatic carbocycles. The van der Waals surface area contributed by atoms with E-state index in [0.29, 0.717) is 33.6 Å². The molecule has 3 N–H and O–H groups in total. The molecule has 2 aromatic heterocycles. The van der Waals surface area contributed by atoms with E-state index in [1.807, 2.05) is 60.7 Å². The number of fused-ring (bicyclic) bond motifs is 1. The molecule has 3 aromatic carbocycles. The first-order valence-corrected chi connectivity index (χ1v) is 12.4. The number of hydrogen-bond acceptors (Lipinski definition) is 5. The lowest BCUT2D eigenvalue weighted by Gasteiger charge is -2.42. The summed E-state index contributed by atoms with van der Waals surface area (Å²) in [5.41, 5.74) is 3.90. The molecule has 8 heteroatoms. The van der Waals surface area contributed by atoms with Crippen molar-refractivity contribution in [1.29, 1.82) is 0 Å². The van der Waals surface area contributed by atoms with Gasteiger partial charge in [-0.1, -0.05) is 54.6 Å². The Morgan fingerprint density at radius 3 is 2.42 bits per heavy atom.